The Kier molecular flexibility index (Phi) is 3.49. The van der Waals surface area contributed by atoms with Gasteiger partial charge in [0.05, 0.1) is 10.9 Å². The van der Waals surface area contributed by atoms with Gasteiger partial charge < -0.3 is 0 Å². The average molecular weight is 287 g/mol. The van der Waals surface area contributed by atoms with E-state index in [9.17, 15) is 9.18 Å². The molecule has 2 atom stereocenters. The molecule has 0 N–H and O–H groups in total. The summed E-state index contributed by atoms with van der Waals surface area (Å²) in [5.41, 5.74) is 1.36. The maximum Gasteiger partial charge on any atom is 0.241 e. The first-order chi connectivity index (χ1) is 9.68. The Hall–Kier alpha value is -1.81. The monoisotopic (exact) mass is 287 g/mol. The predicted octanol–water partition coefficient (Wildman–Crippen LogP) is 3.99. The van der Waals surface area contributed by atoms with Gasteiger partial charge in [-0.05, 0) is 24.6 Å². The van der Waals surface area contributed by atoms with Crippen LogP contribution in [0, 0.1) is 5.82 Å². The Labute approximate surface area is 121 Å². The number of halogens is 1. The van der Waals surface area contributed by atoms with Crippen molar-refractivity contribution in [3.8, 4) is 0 Å². The molecule has 0 aliphatic carbocycles. The van der Waals surface area contributed by atoms with Gasteiger partial charge in [-0.1, -0.05) is 42.5 Å². The lowest BCUT2D eigenvalue weighted by Crippen LogP contribution is -2.30. The first-order valence-corrected chi connectivity index (χ1v) is 7.41. The molecule has 0 saturated carbocycles. The summed E-state index contributed by atoms with van der Waals surface area (Å²) in [7, 11) is 0. The molecule has 102 valence electrons. The van der Waals surface area contributed by atoms with E-state index in [-0.39, 0.29) is 22.3 Å². The fraction of sp³-hybridized carbons (Fsp3) is 0.188. The third-order valence-corrected chi connectivity index (χ3v) is 4.70. The van der Waals surface area contributed by atoms with Gasteiger partial charge in [0, 0.05) is 0 Å². The Bertz CT molecular complexity index is 631. The van der Waals surface area contributed by atoms with Crippen LogP contribution in [0.25, 0.3) is 0 Å². The van der Waals surface area contributed by atoms with E-state index >= 15 is 0 Å². The van der Waals surface area contributed by atoms with Crippen molar-refractivity contribution in [2.24, 2.45) is 0 Å². The summed E-state index contributed by atoms with van der Waals surface area (Å²) in [5, 5.41) is -0.338. The zero-order valence-electron chi connectivity index (χ0n) is 11.0. The molecule has 0 spiro atoms. The third-order valence-electron chi connectivity index (χ3n) is 3.35. The van der Waals surface area contributed by atoms with E-state index in [0.29, 0.717) is 5.69 Å². The fourth-order valence-corrected chi connectivity index (χ4v) is 3.63. The van der Waals surface area contributed by atoms with Gasteiger partial charge in [-0.25, -0.2) is 4.39 Å². The fourth-order valence-electron chi connectivity index (χ4n) is 2.36. The molecule has 0 radical (unpaired) electrons. The van der Waals surface area contributed by atoms with Gasteiger partial charge in [0.25, 0.3) is 0 Å². The Balaban J connectivity index is 2.06. The number of nitrogens with zero attached hydrogens (tertiary/aromatic N) is 1. The van der Waals surface area contributed by atoms with Crippen LogP contribution in [-0.2, 0) is 4.79 Å². The standard InChI is InChI=1S/C16H14FNOS/c1-11-15(19)18(14-10-6-5-9-13(14)17)16(20-11)12-7-3-2-4-8-12/h2-11,16H,1H3. The molecule has 2 nitrogen and oxygen atoms in total. The highest BCUT2D eigenvalue weighted by molar-refractivity contribution is 8.01. The van der Waals surface area contributed by atoms with E-state index in [2.05, 4.69) is 0 Å². The summed E-state index contributed by atoms with van der Waals surface area (Å²) < 4.78 is 14.0. The second-order valence-corrected chi connectivity index (χ2v) is 6.13. The van der Waals surface area contributed by atoms with Crippen LogP contribution in [0.1, 0.15) is 17.9 Å². The number of hydrogen-bond acceptors (Lipinski definition) is 2. The number of rotatable bonds is 2. The summed E-state index contributed by atoms with van der Waals surface area (Å²) in [5.74, 6) is -0.412. The third kappa shape index (κ3) is 2.20. The molecule has 2 aromatic rings. The number of amides is 1. The molecular formula is C16H14FNOS. The first-order valence-electron chi connectivity index (χ1n) is 6.46. The number of benzene rings is 2. The van der Waals surface area contributed by atoms with E-state index in [1.165, 1.54) is 6.07 Å². The van der Waals surface area contributed by atoms with Crippen LogP contribution in [0.15, 0.2) is 54.6 Å². The molecule has 1 aliphatic heterocycles. The highest BCUT2D eigenvalue weighted by Gasteiger charge is 2.40. The number of anilines is 1. The number of carbonyl (C=O) groups excluding carboxylic acids is 1. The van der Waals surface area contributed by atoms with Crippen molar-refractivity contribution in [3.05, 3.63) is 66.0 Å². The van der Waals surface area contributed by atoms with Gasteiger partial charge >= 0.3 is 0 Å². The van der Waals surface area contributed by atoms with Gasteiger partial charge in [-0.3, -0.25) is 9.69 Å². The lowest BCUT2D eigenvalue weighted by atomic mass is 10.1. The highest BCUT2D eigenvalue weighted by Crippen LogP contribution is 2.45. The average Bonchev–Trinajstić information content (AvgIpc) is 2.77. The molecule has 1 aliphatic rings. The Morgan fingerprint density at radius 2 is 1.70 bits per heavy atom. The van der Waals surface area contributed by atoms with Crippen molar-refractivity contribution in [1.29, 1.82) is 0 Å². The summed E-state index contributed by atoms with van der Waals surface area (Å²) in [6.45, 7) is 1.86. The second kappa shape index (κ2) is 5.29. The SMILES string of the molecule is CC1SC(c2ccccc2)N(c2ccccc2F)C1=O. The topological polar surface area (TPSA) is 20.3 Å². The van der Waals surface area contributed by atoms with Crippen LogP contribution >= 0.6 is 11.8 Å². The van der Waals surface area contributed by atoms with Crippen molar-refractivity contribution < 1.29 is 9.18 Å². The highest BCUT2D eigenvalue weighted by atomic mass is 32.2. The maximum atomic E-state index is 14.0. The van der Waals surface area contributed by atoms with E-state index in [0.717, 1.165) is 5.56 Å². The molecule has 1 saturated heterocycles. The summed E-state index contributed by atoms with van der Waals surface area (Å²) in [4.78, 5) is 13.9. The van der Waals surface area contributed by atoms with Crippen LogP contribution in [0.3, 0.4) is 0 Å². The lowest BCUT2D eigenvalue weighted by molar-refractivity contribution is -0.117. The smallest absolute Gasteiger partial charge is 0.241 e. The van der Waals surface area contributed by atoms with Gasteiger partial charge in [0.2, 0.25) is 5.91 Å². The number of para-hydroxylation sites is 1. The molecule has 20 heavy (non-hydrogen) atoms. The van der Waals surface area contributed by atoms with E-state index in [1.54, 1.807) is 34.9 Å². The molecule has 3 rings (SSSR count). The summed E-state index contributed by atoms with van der Waals surface area (Å²) in [6, 6.07) is 16.2. The minimum Gasteiger partial charge on any atom is -0.292 e. The van der Waals surface area contributed by atoms with Crippen LogP contribution in [-0.4, -0.2) is 11.2 Å². The molecule has 2 unspecified atom stereocenters. The van der Waals surface area contributed by atoms with Gasteiger partial charge in [-0.2, -0.15) is 0 Å². The molecule has 1 heterocycles. The molecule has 2 aromatic carbocycles. The molecule has 0 bridgehead atoms. The van der Waals surface area contributed by atoms with Crippen molar-refractivity contribution in [1.82, 2.24) is 0 Å². The quantitative estimate of drug-likeness (QED) is 0.832. The molecule has 4 heteroatoms. The number of hydrogen-bond donors (Lipinski definition) is 0. The van der Waals surface area contributed by atoms with Crippen molar-refractivity contribution in [3.63, 3.8) is 0 Å². The zero-order valence-corrected chi connectivity index (χ0v) is 11.8. The molecule has 0 aromatic heterocycles. The summed E-state index contributed by atoms with van der Waals surface area (Å²) >= 11 is 1.55. The minimum atomic E-state index is -0.364. The van der Waals surface area contributed by atoms with E-state index < -0.39 is 0 Å². The second-order valence-electron chi connectivity index (χ2n) is 4.70. The van der Waals surface area contributed by atoms with Crippen molar-refractivity contribution >= 4 is 23.4 Å². The van der Waals surface area contributed by atoms with Gasteiger partial charge in [0.1, 0.15) is 11.2 Å². The van der Waals surface area contributed by atoms with Crippen molar-refractivity contribution in [2.45, 2.75) is 17.5 Å². The normalized spacial score (nSPS) is 22.3. The molecular weight excluding hydrogens is 273 g/mol. The van der Waals surface area contributed by atoms with E-state index in [1.807, 2.05) is 37.3 Å². The van der Waals surface area contributed by atoms with Crippen LogP contribution in [0.2, 0.25) is 0 Å². The van der Waals surface area contributed by atoms with E-state index in [4.69, 9.17) is 0 Å². The Morgan fingerprint density at radius 1 is 1.05 bits per heavy atom. The van der Waals surface area contributed by atoms with Crippen LogP contribution in [0.5, 0.6) is 0 Å². The van der Waals surface area contributed by atoms with Gasteiger partial charge in [0.15, 0.2) is 0 Å². The number of carbonyl (C=O) groups is 1. The Morgan fingerprint density at radius 3 is 2.40 bits per heavy atom. The molecule has 1 amide bonds. The van der Waals surface area contributed by atoms with Crippen LogP contribution < -0.4 is 4.90 Å². The van der Waals surface area contributed by atoms with Crippen molar-refractivity contribution in [2.75, 3.05) is 4.90 Å². The zero-order chi connectivity index (χ0) is 14.1. The molecule has 1 fully saturated rings. The lowest BCUT2D eigenvalue weighted by Gasteiger charge is -2.24. The summed E-state index contributed by atoms with van der Waals surface area (Å²) in [6.07, 6.45) is 0. The van der Waals surface area contributed by atoms with Crippen LogP contribution in [0.4, 0.5) is 10.1 Å². The van der Waals surface area contributed by atoms with Gasteiger partial charge in [-0.15, -0.1) is 11.8 Å². The largest absolute Gasteiger partial charge is 0.292 e. The predicted molar refractivity (Wildman–Crippen MR) is 80.1 cm³/mol. The maximum absolute atomic E-state index is 14.0. The minimum absolute atomic E-state index is 0.0473. The number of thioether (sulfide) groups is 1. The first kappa shape index (κ1) is 13.2.